The van der Waals surface area contributed by atoms with Crippen LogP contribution in [0.2, 0.25) is 0 Å². The van der Waals surface area contributed by atoms with Gasteiger partial charge in [-0.25, -0.2) is 8.78 Å². The Balaban J connectivity index is 2.50. The van der Waals surface area contributed by atoms with E-state index >= 15 is 0 Å². The summed E-state index contributed by atoms with van der Waals surface area (Å²) in [7, 11) is 1.68. The van der Waals surface area contributed by atoms with Crippen molar-refractivity contribution in [3.63, 3.8) is 0 Å². The average molecular weight is 234 g/mol. The van der Waals surface area contributed by atoms with Crippen LogP contribution in [0.4, 0.5) is 8.78 Å². The number of carbonyl (C=O) groups excluding carboxylic acids is 1. The van der Waals surface area contributed by atoms with E-state index in [9.17, 15) is 13.6 Å². The Morgan fingerprint density at radius 1 is 1.56 bits per heavy atom. The first-order valence-corrected chi connectivity index (χ1v) is 5.67. The van der Waals surface area contributed by atoms with E-state index in [1.807, 2.05) is 13.8 Å². The van der Waals surface area contributed by atoms with Gasteiger partial charge in [0.05, 0.1) is 6.54 Å². The molecule has 94 valence electrons. The normalized spacial score (nSPS) is 25.8. The van der Waals surface area contributed by atoms with E-state index in [2.05, 4.69) is 5.32 Å². The number of carbonyl (C=O) groups is 1. The predicted molar refractivity (Wildman–Crippen MR) is 58.4 cm³/mol. The van der Waals surface area contributed by atoms with Gasteiger partial charge in [-0.3, -0.25) is 4.79 Å². The van der Waals surface area contributed by atoms with Gasteiger partial charge in [0, 0.05) is 18.4 Å². The van der Waals surface area contributed by atoms with Crippen LogP contribution in [0.15, 0.2) is 0 Å². The number of hydrogen-bond acceptors (Lipinski definition) is 2. The van der Waals surface area contributed by atoms with Crippen LogP contribution in [0.1, 0.15) is 26.7 Å². The van der Waals surface area contributed by atoms with Crippen molar-refractivity contribution in [2.24, 2.45) is 5.92 Å². The van der Waals surface area contributed by atoms with Crippen LogP contribution in [0.5, 0.6) is 0 Å². The lowest BCUT2D eigenvalue weighted by Crippen LogP contribution is -2.48. The number of piperidine rings is 1. The van der Waals surface area contributed by atoms with Crippen LogP contribution in [0.25, 0.3) is 0 Å². The lowest BCUT2D eigenvalue weighted by Gasteiger charge is -2.36. The first kappa shape index (κ1) is 13.4. The van der Waals surface area contributed by atoms with Crippen molar-refractivity contribution in [1.82, 2.24) is 10.2 Å². The maximum atomic E-state index is 13.6. The number of likely N-dealkylation sites (tertiary alicyclic amines) is 1. The number of halogens is 2. The molecule has 3 nitrogen and oxygen atoms in total. The van der Waals surface area contributed by atoms with Gasteiger partial charge in [0.15, 0.2) is 0 Å². The van der Waals surface area contributed by atoms with Crippen molar-refractivity contribution in [2.45, 2.75) is 38.7 Å². The van der Waals surface area contributed by atoms with E-state index in [-0.39, 0.29) is 24.9 Å². The Kier molecular flexibility index (Phi) is 4.24. The predicted octanol–water partition coefficient (Wildman–Crippen LogP) is 1.49. The highest BCUT2D eigenvalue weighted by molar-refractivity contribution is 5.76. The molecule has 1 aliphatic rings. The van der Waals surface area contributed by atoms with E-state index in [0.29, 0.717) is 13.0 Å². The Hall–Kier alpha value is -0.710. The fourth-order valence-corrected chi connectivity index (χ4v) is 2.01. The highest BCUT2D eigenvalue weighted by Gasteiger charge is 2.44. The summed E-state index contributed by atoms with van der Waals surface area (Å²) in [5, 5.41) is 2.65. The van der Waals surface area contributed by atoms with Gasteiger partial charge in [-0.15, -0.1) is 0 Å². The Labute approximate surface area is 95.2 Å². The summed E-state index contributed by atoms with van der Waals surface area (Å²) in [6.07, 6.45) is 0.314. The van der Waals surface area contributed by atoms with Gasteiger partial charge < -0.3 is 10.2 Å². The van der Waals surface area contributed by atoms with Crippen LogP contribution >= 0.6 is 0 Å². The number of amides is 1. The van der Waals surface area contributed by atoms with Crippen molar-refractivity contribution < 1.29 is 13.6 Å². The third-order valence-corrected chi connectivity index (χ3v) is 2.82. The zero-order valence-corrected chi connectivity index (χ0v) is 10.1. The third-order valence-electron chi connectivity index (χ3n) is 2.82. The third kappa shape index (κ3) is 3.70. The maximum Gasteiger partial charge on any atom is 0.263 e. The summed E-state index contributed by atoms with van der Waals surface area (Å²) in [5.74, 6) is -3.84. The summed E-state index contributed by atoms with van der Waals surface area (Å²) in [6, 6.07) is 0.00684. The maximum absolute atomic E-state index is 13.6. The molecule has 5 heteroatoms. The average Bonchev–Trinajstić information content (AvgIpc) is 2.07. The number of nitrogens with one attached hydrogen (secondary N) is 1. The second kappa shape index (κ2) is 5.08. The molecular formula is C11H20F2N2O. The largest absolute Gasteiger partial charge is 0.354 e. The molecule has 1 unspecified atom stereocenters. The minimum atomic E-state index is -2.75. The Morgan fingerprint density at radius 3 is 2.69 bits per heavy atom. The summed E-state index contributed by atoms with van der Waals surface area (Å²) in [6.45, 7) is 4.04. The molecule has 0 aromatic rings. The topological polar surface area (TPSA) is 32.3 Å². The molecule has 1 amide bonds. The number of alkyl halides is 2. The van der Waals surface area contributed by atoms with E-state index in [0.717, 1.165) is 0 Å². The van der Waals surface area contributed by atoms with Gasteiger partial charge in [-0.1, -0.05) is 0 Å². The Morgan fingerprint density at radius 2 is 2.19 bits per heavy atom. The second-order valence-corrected chi connectivity index (χ2v) is 4.91. The lowest BCUT2D eigenvalue weighted by molar-refractivity contribution is -0.135. The fourth-order valence-electron chi connectivity index (χ4n) is 2.01. The number of hydrogen-bond donors (Lipinski definition) is 1. The minimum Gasteiger partial charge on any atom is -0.354 e. The standard InChI is InChI=1S/C11H20F2N2O/c1-8(2)14-10(16)6-9-4-5-15(3)7-11(9,12)13/h8-9H,4-7H2,1-3H3,(H,14,16). The molecule has 1 rings (SSSR count). The van der Waals surface area contributed by atoms with Crippen molar-refractivity contribution in [1.29, 1.82) is 0 Å². The number of rotatable bonds is 3. The van der Waals surface area contributed by atoms with E-state index in [1.165, 1.54) is 0 Å². The fraction of sp³-hybridized carbons (Fsp3) is 0.909. The molecule has 0 aromatic carbocycles. The highest BCUT2D eigenvalue weighted by atomic mass is 19.3. The molecule has 1 N–H and O–H groups in total. The van der Waals surface area contributed by atoms with Crippen LogP contribution in [0, 0.1) is 5.92 Å². The van der Waals surface area contributed by atoms with Gasteiger partial charge in [-0.2, -0.15) is 0 Å². The van der Waals surface area contributed by atoms with Crippen LogP contribution in [-0.4, -0.2) is 42.9 Å². The highest BCUT2D eigenvalue weighted by Crippen LogP contribution is 2.34. The molecule has 0 aliphatic carbocycles. The van der Waals surface area contributed by atoms with Crippen LogP contribution in [0.3, 0.4) is 0 Å². The SMILES string of the molecule is CC(C)NC(=O)CC1CCN(C)CC1(F)F. The van der Waals surface area contributed by atoms with E-state index in [4.69, 9.17) is 0 Å². The summed E-state index contributed by atoms with van der Waals surface area (Å²) >= 11 is 0. The van der Waals surface area contributed by atoms with Gasteiger partial charge in [0.1, 0.15) is 0 Å². The van der Waals surface area contributed by atoms with Gasteiger partial charge in [-0.05, 0) is 33.9 Å². The minimum absolute atomic E-state index is 0.00684. The second-order valence-electron chi connectivity index (χ2n) is 4.91. The summed E-state index contributed by atoms with van der Waals surface area (Å²) in [5.41, 5.74) is 0. The molecule has 1 fully saturated rings. The van der Waals surface area contributed by atoms with Gasteiger partial charge >= 0.3 is 0 Å². The molecule has 0 bridgehead atoms. The molecule has 0 aromatic heterocycles. The first-order chi connectivity index (χ1) is 7.31. The molecule has 1 aliphatic heterocycles. The monoisotopic (exact) mass is 234 g/mol. The van der Waals surface area contributed by atoms with Crippen LogP contribution in [-0.2, 0) is 4.79 Å². The van der Waals surface area contributed by atoms with Crippen molar-refractivity contribution >= 4 is 5.91 Å². The summed E-state index contributed by atoms with van der Waals surface area (Å²) < 4.78 is 27.2. The first-order valence-electron chi connectivity index (χ1n) is 5.67. The molecule has 0 spiro atoms. The van der Waals surface area contributed by atoms with Crippen molar-refractivity contribution in [2.75, 3.05) is 20.1 Å². The lowest BCUT2D eigenvalue weighted by atomic mass is 9.89. The van der Waals surface area contributed by atoms with E-state index in [1.54, 1.807) is 11.9 Å². The number of nitrogens with zero attached hydrogens (tertiary/aromatic N) is 1. The van der Waals surface area contributed by atoms with Crippen molar-refractivity contribution in [3.8, 4) is 0 Å². The zero-order valence-electron chi connectivity index (χ0n) is 10.1. The van der Waals surface area contributed by atoms with Gasteiger partial charge in [0.2, 0.25) is 5.91 Å². The Bertz CT molecular complexity index is 256. The molecule has 16 heavy (non-hydrogen) atoms. The van der Waals surface area contributed by atoms with Crippen molar-refractivity contribution in [3.05, 3.63) is 0 Å². The quantitative estimate of drug-likeness (QED) is 0.802. The molecule has 1 saturated heterocycles. The van der Waals surface area contributed by atoms with Crippen LogP contribution < -0.4 is 5.32 Å². The summed E-state index contributed by atoms with van der Waals surface area (Å²) in [4.78, 5) is 13.0. The van der Waals surface area contributed by atoms with E-state index < -0.39 is 11.8 Å². The van der Waals surface area contributed by atoms with Gasteiger partial charge in [0.25, 0.3) is 5.92 Å². The molecule has 0 saturated carbocycles. The molecular weight excluding hydrogens is 214 g/mol. The smallest absolute Gasteiger partial charge is 0.263 e. The zero-order chi connectivity index (χ0) is 12.3. The molecule has 1 atom stereocenters. The molecule has 1 heterocycles. The molecule has 0 radical (unpaired) electrons.